The number of allylic oxidation sites excluding steroid dienone is 1. The maximum absolute atomic E-state index is 14.3. The first kappa shape index (κ1) is 13.1. The van der Waals surface area contributed by atoms with E-state index in [-0.39, 0.29) is 5.73 Å². The summed E-state index contributed by atoms with van der Waals surface area (Å²) < 4.78 is 25.8. The molecule has 2 nitrogen and oxygen atoms in total. The minimum absolute atomic E-state index is 0.177. The summed E-state index contributed by atoms with van der Waals surface area (Å²) >= 11 is 0. The molecular weight excluding hydrogens is 218 g/mol. The van der Waals surface area contributed by atoms with Gasteiger partial charge in [-0.3, -0.25) is 0 Å². The van der Waals surface area contributed by atoms with Crippen LogP contribution in [0, 0.1) is 0 Å². The van der Waals surface area contributed by atoms with E-state index in [1.807, 2.05) is 27.7 Å². The third-order valence-electron chi connectivity index (χ3n) is 4.26. The summed E-state index contributed by atoms with van der Waals surface area (Å²) in [6.07, 6.45) is 5.09. The third kappa shape index (κ3) is 2.43. The van der Waals surface area contributed by atoms with E-state index in [4.69, 9.17) is 9.31 Å². The zero-order valence-electron chi connectivity index (χ0n) is 11.3. The molecule has 0 aromatic rings. The van der Waals surface area contributed by atoms with Gasteiger partial charge in [-0.2, -0.15) is 0 Å². The van der Waals surface area contributed by atoms with Gasteiger partial charge in [0.2, 0.25) is 0 Å². The highest BCUT2D eigenvalue weighted by molar-refractivity contribution is 6.53. The summed E-state index contributed by atoms with van der Waals surface area (Å²) in [5, 5.41) is 0. The van der Waals surface area contributed by atoms with Crippen LogP contribution in [0.15, 0.2) is 11.3 Å². The van der Waals surface area contributed by atoms with E-state index < -0.39 is 18.3 Å². The van der Waals surface area contributed by atoms with Crippen molar-refractivity contribution in [2.45, 2.75) is 71.0 Å². The first-order valence-corrected chi connectivity index (χ1v) is 6.56. The standard InChI is InChI=1S/C13H22BFO2/c1-12(2)13(3,4)17-14(16-12)11(15)10-8-6-5-7-9-10/h5-9H2,1-4H3. The molecule has 0 N–H and O–H groups in total. The van der Waals surface area contributed by atoms with Crippen molar-refractivity contribution in [2.24, 2.45) is 0 Å². The van der Waals surface area contributed by atoms with E-state index in [2.05, 4.69) is 0 Å². The lowest BCUT2D eigenvalue weighted by atomic mass is 9.80. The Morgan fingerprint density at radius 2 is 1.47 bits per heavy atom. The molecule has 1 heterocycles. The molecule has 17 heavy (non-hydrogen) atoms. The second-order valence-electron chi connectivity index (χ2n) is 6.10. The van der Waals surface area contributed by atoms with Crippen LogP contribution in [0.3, 0.4) is 0 Å². The van der Waals surface area contributed by atoms with E-state index >= 15 is 0 Å². The Bertz CT molecular complexity index is 312. The minimum Gasteiger partial charge on any atom is -0.398 e. The normalized spacial score (nSPS) is 27.4. The van der Waals surface area contributed by atoms with Gasteiger partial charge in [-0.05, 0) is 59.0 Å². The molecule has 0 radical (unpaired) electrons. The Hall–Kier alpha value is -0.345. The van der Waals surface area contributed by atoms with E-state index in [0.717, 1.165) is 31.3 Å². The lowest BCUT2D eigenvalue weighted by Crippen LogP contribution is -2.41. The molecule has 2 aliphatic rings. The summed E-state index contributed by atoms with van der Waals surface area (Å²) in [5.41, 5.74) is -0.188. The first-order valence-electron chi connectivity index (χ1n) is 6.56. The van der Waals surface area contributed by atoms with Crippen molar-refractivity contribution in [1.82, 2.24) is 0 Å². The zero-order chi connectivity index (χ0) is 12.7. The Labute approximate surface area is 104 Å². The van der Waals surface area contributed by atoms with Crippen LogP contribution in [-0.4, -0.2) is 18.3 Å². The van der Waals surface area contributed by atoms with Gasteiger partial charge in [0, 0.05) is 0 Å². The van der Waals surface area contributed by atoms with Gasteiger partial charge in [-0.25, -0.2) is 4.39 Å². The molecule has 0 spiro atoms. The van der Waals surface area contributed by atoms with E-state index in [1.165, 1.54) is 6.42 Å². The average Bonchev–Trinajstić information content (AvgIpc) is 2.48. The molecule has 0 aromatic carbocycles. The molecule has 2 fully saturated rings. The largest absolute Gasteiger partial charge is 0.525 e. The molecule has 0 bridgehead atoms. The summed E-state index contributed by atoms with van der Waals surface area (Å²) in [5.74, 6) is 0. The van der Waals surface area contributed by atoms with Gasteiger partial charge in [0.05, 0.1) is 11.2 Å². The molecule has 0 aromatic heterocycles. The highest BCUT2D eigenvalue weighted by Crippen LogP contribution is 2.40. The predicted molar refractivity (Wildman–Crippen MR) is 67.3 cm³/mol. The minimum atomic E-state index is -0.798. The van der Waals surface area contributed by atoms with Crippen LogP contribution in [0.4, 0.5) is 4.39 Å². The molecule has 4 heteroatoms. The van der Waals surface area contributed by atoms with Gasteiger partial charge >= 0.3 is 7.12 Å². The highest BCUT2D eigenvalue weighted by Gasteiger charge is 2.53. The van der Waals surface area contributed by atoms with Crippen LogP contribution in [0.1, 0.15) is 59.8 Å². The maximum atomic E-state index is 14.3. The van der Waals surface area contributed by atoms with E-state index in [1.54, 1.807) is 0 Å². The highest BCUT2D eigenvalue weighted by atomic mass is 19.1. The molecule has 0 unspecified atom stereocenters. The summed E-state index contributed by atoms with van der Waals surface area (Å²) in [4.78, 5) is 0. The fourth-order valence-electron chi connectivity index (χ4n) is 2.33. The Balaban J connectivity index is 2.15. The van der Waals surface area contributed by atoms with Gasteiger partial charge in [-0.1, -0.05) is 6.42 Å². The summed E-state index contributed by atoms with van der Waals surface area (Å²) in [6.45, 7) is 7.80. The second-order valence-corrected chi connectivity index (χ2v) is 6.10. The molecule has 1 saturated heterocycles. The third-order valence-corrected chi connectivity index (χ3v) is 4.26. The Kier molecular flexibility index (Phi) is 3.39. The Morgan fingerprint density at radius 1 is 1.00 bits per heavy atom. The van der Waals surface area contributed by atoms with Crippen molar-refractivity contribution in [1.29, 1.82) is 0 Å². The molecule has 1 aliphatic carbocycles. The van der Waals surface area contributed by atoms with Crippen LogP contribution >= 0.6 is 0 Å². The van der Waals surface area contributed by atoms with Gasteiger partial charge < -0.3 is 9.31 Å². The summed E-state index contributed by atoms with van der Waals surface area (Å²) in [7, 11) is -0.798. The number of hydrogen-bond acceptors (Lipinski definition) is 2. The fourth-order valence-corrected chi connectivity index (χ4v) is 2.33. The van der Waals surface area contributed by atoms with Crippen LogP contribution in [0.5, 0.6) is 0 Å². The SMILES string of the molecule is CC1(C)OB(C(F)=C2CCCCC2)OC1(C)C. The lowest BCUT2D eigenvalue weighted by molar-refractivity contribution is 0.00578. The monoisotopic (exact) mass is 240 g/mol. The van der Waals surface area contributed by atoms with Crippen molar-refractivity contribution in [3.05, 3.63) is 11.3 Å². The van der Waals surface area contributed by atoms with Crippen LogP contribution in [0.25, 0.3) is 0 Å². The number of hydrogen-bond donors (Lipinski definition) is 0. The van der Waals surface area contributed by atoms with Crippen molar-refractivity contribution < 1.29 is 13.7 Å². The predicted octanol–water partition coefficient (Wildman–Crippen LogP) is 3.81. The molecule has 2 rings (SSSR count). The van der Waals surface area contributed by atoms with E-state index in [9.17, 15) is 4.39 Å². The smallest absolute Gasteiger partial charge is 0.398 e. The van der Waals surface area contributed by atoms with Gasteiger partial charge in [0.1, 0.15) is 5.73 Å². The maximum Gasteiger partial charge on any atom is 0.525 e. The molecule has 96 valence electrons. The summed E-state index contributed by atoms with van der Waals surface area (Å²) in [6, 6.07) is 0. The van der Waals surface area contributed by atoms with Crippen LogP contribution < -0.4 is 0 Å². The van der Waals surface area contributed by atoms with E-state index in [0.29, 0.717) is 0 Å². The lowest BCUT2D eigenvalue weighted by Gasteiger charge is -2.32. The average molecular weight is 240 g/mol. The van der Waals surface area contributed by atoms with Crippen molar-refractivity contribution in [2.75, 3.05) is 0 Å². The topological polar surface area (TPSA) is 18.5 Å². The van der Waals surface area contributed by atoms with Gasteiger partial charge in [0.25, 0.3) is 0 Å². The Morgan fingerprint density at radius 3 is 1.94 bits per heavy atom. The first-order chi connectivity index (χ1) is 7.83. The van der Waals surface area contributed by atoms with Crippen molar-refractivity contribution in [3.8, 4) is 0 Å². The molecular formula is C13H22BFO2. The number of rotatable bonds is 1. The second kappa shape index (κ2) is 4.40. The molecule has 1 aliphatic heterocycles. The zero-order valence-corrected chi connectivity index (χ0v) is 11.3. The van der Waals surface area contributed by atoms with Gasteiger partial charge in [-0.15, -0.1) is 0 Å². The van der Waals surface area contributed by atoms with Crippen molar-refractivity contribution >= 4 is 7.12 Å². The van der Waals surface area contributed by atoms with Crippen LogP contribution in [0.2, 0.25) is 0 Å². The fraction of sp³-hybridized carbons (Fsp3) is 0.846. The molecule has 0 atom stereocenters. The molecule has 0 amide bonds. The van der Waals surface area contributed by atoms with Crippen LogP contribution in [-0.2, 0) is 9.31 Å². The molecule has 1 saturated carbocycles. The quantitative estimate of drug-likeness (QED) is 0.649. The number of halogens is 1. The van der Waals surface area contributed by atoms with Crippen molar-refractivity contribution in [3.63, 3.8) is 0 Å². The van der Waals surface area contributed by atoms with Gasteiger partial charge in [0.15, 0.2) is 0 Å².